The first-order valence-corrected chi connectivity index (χ1v) is 12.5. The van der Waals surface area contributed by atoms with Gasteiger partial charge in [0.25, 0.3) is 0 Å². The minimum Gasteiger partial charge on any atom is -0.366 e. The van der Waals surface area contributed by atoms with Crippen molar-refractivity contribution in [3.05, 3.63) is 72.6 Å². The van der Waals surface area contributed by atoms with E-state index < -0.39 is 0 Å². The molecular formula is C28H29N7O. The zero-order valence-electron chi connectivity index (χ0n) is 20.6. The summed E-state index contributed by atoms with van der Waals surface area (Å²) in [5.41, 5.74) is 5.79. The molecule has 0 saturated carbocycles. The number of amides is 2. The van der Waals surface area contributed by atoms with E-state index in [-0.39, 0.29) is 12.1 Å². The summed E-state index contributed by atoms with van der Waals surface area (Å²) in [6.45, 7) is 6.79. The number of nitrogens with one attached hydrogen (secondary N) is 1. The highest BCUT2D eigenvalue weighted by atomic mass is 16.2. The predicted molar refractivity (Wildman–Crippen MR) is 142 cm³/mol. The van der Waals surface area contributed by atoms with E-state index >= 15 is 0 Å². The van der Waals surface area contributed by atoms with Crippen molar-refractivity contribution in [3.8, 4) is 22.5 Å². The number of benzene rings is 1. The maximum atomic E-state index is 13.7. The number of carbonyl (C=O) groups is 1. The number of nitrogens with zero attached hydrogens (tertiary/aromatic N) is 6. The van der Waals surface area contributed by atoms with Gasteiger partial charge in [-0.1, -0.05) is 36.8 Å². The number of anilines is 3. The number of rotatable bonds is 5. The number of hydrogen-bond donors (Lipinski definition) is 1. The molecule has 1 saturated heterocycles. The molecule has 5 heterocycles. The quantitative estimate of drug-likeness (QED) is 0.417. The topological polar surface area (TPSA) is 79.2 Å². The van der Waals surface area contributed by atoms with Crippen LogP contribution in [0.25, 0.3) is 22.5 Å². The molecule has 1 atom stereocenters. The molecule has 0 spiro atoms. The van der Waals surface area contributed by atoms with Crippen LogP contribution in [0, 0.1) is 6.92 Å². The lowest BCUT2D eigenvalue weighted by atomic mass is 10.1. The highest BCUT2D eigenvalue weighted by Crippen LogP contribution is 2.40. The Hall–Kier alpha value is -4.20. The third-order valence-electron chi connectivity index (χ3n) is 6.85. The normalized spacial score (nSPS) is 16.2. The Bertz CT molecular complexity index is 1430. The van der Waals surface area contributed by atoms with E-state index in [0.29, 0.717) is 11.6 Å². The van der Waals surface area contributed by atoms with Crippen molar-refractivity contribution in [3.63, 3.8) is 0 Å². The van der Waals surface area contributed by atoms with E-state index in [2.05, 4.69) is 53.4 Å². The largest absolute Gasteiger partial charge is 0.366 e. The number of carbonyl (C=O) groups excluding carboxylic acids is 1. The second-order valence-electron chi connectivity index (χ2n) is 9.50. The van der Waals surface area contributed by atoms with E-state index in [4.69, 9.17) is 9.97 Å². The van der Waals surface area contributed by atoms with Crippen molar-refractivity contribution in [2.24, 2.45) is 0 Å². The molecule has 2 aliphatic rings. The smallest absolute Gasteiger partial charge is 0.329 e. The lowest BCUT2D eigenvalue weighted by molar-refractivity contribution is 0.254. The van der Waals surface area contributed by atoms with E-state index in [1.165, 1.54) is 5.56 Å². The van der Waals surface area contributed by atoms with Gasteiger partial charge in [0.05, 0.1) is 29.3 Å². The van der Waals surface area contributed by atoms with Crippen molar-refractivity contribution in [1.29, 1.82) is 0 Å². The lowest BCUT2D eigenvalue weighted by Crippen LogP contribution is -2.48. The van der Waals surface area contributed by atoms with E-state index in [0.717, 1.165) is 60.7 Å². The van der Waals surface area contributed by atoms with Gasteiger partial charge in [-0.15, -0.1) is 0 Å². The summed E-state index contributed by atoms with van der Waals surface area (Å²) in [7, 11) is 0. The first-order valence-electron chi connectivity index (χ1n) is 12.5. The van der Waals surface area contributed by atoms with Gasteiger partial charge in [0.1, 0.15) is 5.82 Å². The fourth-order valence-electron chi connectivity index (χ4n) is 5.12. The van der Waals surface area contributed by atoms with Gasteiger partial charge >= 0.3 is 6.03 Å². The molecule has 4 aromatic rings. The SMILES string of the molecule is CCCn1cc(-c2cccc(NC(=O)N3c4nc(-c5cccc(C)c5)ccc4N4CC[C@H]3C4)n2)cn1. The molecule has 182 valence electrons. The fourth-order valence-corrected chi connectivity index (χ4v) is 5.12. The summed E-state index contributed by atoms with van der Waals surface area (Å²) in [4.78, 5) is 27.5. The standard InChI is InChI=1S/C28H29N7O/c1-3-13-34-17-21(16-29-34)23-8-5-9-26(30-23)32-28(36)35-22-12-14-33(18-22)25-11-10-24(31-27(25)35)20-7-4-6-19(2)15-20/h4-11,15-17,22H,3,12-14,18H2,1-2H3,(H,30,32,36)/t22-/m0/s1. The summed E-state index contributed by atoms with van der Waals surface area (Å²) in [6.07, 6.45) is 5.73. The average molecular weight is 480 g/mol. The molecule has 0 unspecified atom stereocenters. The van der Waals surface area contributed by atoms with Crippen molar-refractivity contribution >= 4 is 23.4 Å². The Kier molecular flexibility index (Phi) is 5.64. The molecule has 6 rings (SSSR count). The Morgan fingerprint density at radius 1 is 1.06 bits per heavy atom. The second kappa shape index (κ2) is 9.11. The Morgan fingerprint density at radius 2 is 1.92 bits per heavy atom. The van der Waals surface area contributed by atoms with Crippen LogP contribution in [-0.4, -0.2) is 44.9 Å². The molecule has 36 heavy (non-hydrogen) atoms. The van der Waals surface area contributed by atoms with Crippen molar-refractivity contribution in [2.75, 3.05) is 28.2 Å². The molecule has 2 amide bonds. The van der Waals surface area contributed by atoms with Gasteiger partial charge in [-0.25, -0.2) is 14.8 Å². The monoisotopic (exact) mass is 479 g/mol. The van der Waals surface area contributed by atoms with Gasteiger partial charge in [0.15, 0.2) is 5.82 Å². The molecule has 8 nitrogen and oxygen atoms in total. The van der Waals surface area contributed by atoms with Gasteiger partial charge in [-0.3, -0.25) is 14.9 Å². The fraction of sp³-hybridized carbons (Fsp3) is 0.286. The molecule has 2 aliphatic heterocycles. The van der Waals surface area contributed by atoms with E-state index in [9.17, 15) is 4.79 Å². The second-order valence-corrected chi connectivity index (χ2v) is 9.50. The van der Waals surface area contributed by atoms with Crippen molar-refractivity contribution < 1.29 is 4.79 Å². The van der Waals surface area contributed by atoms with Crippen LogP contribution in [0.2, 0.25) is 0 Å². The first kappa shape index (κ1) is 22.3. The summed E-state index contributed by atoms with van der Waals surface area (Å²) in [6, 6.07) is 18.0. The minimum atomic E-state index is -0.206. The number of pyridine rings is 2. The Labute approximate surface area is 210 Å². The summed E-state index contributed by atoms with van der Waals surface area (Å²) in [5.74, 6) is 1.22. The van der Waals surface area contributed by atoms with Gasteiger partial charge in [0.2, 0.25) is 0 Å². The highest BCUT2D eigenvalue weighted by molar-refractivity contribution is 6.04. The first-order chi connectivity index (χ1) is 17.6. The third kappa shape index (κ3) is 4.08. The number of fused-ring (bicyclic) bond motifs is 4. The van der Waals surface area contributed by atoms with Crippen LogP contribution in [0.15, 0.2) is 67.0 Å². The number of hydrogen-bond acceptors (Lipinski definition) is 5. The molecule has 8 heteroatoms. The molecule has 0 radical (unpaired) electrons. The van der Waals surface area contributed by atoms with Crippen LogP contribution < -0.4 is 15.1 Å². The van der Waals surface area contributed by atoms with Crippen LogP contribution in [-0.2, 0) is 6.54 Å². The maximum Gasteiger partial charge on any atom is 0.329 e. The zero-order chi connectivity index (χ0) is 24.6. The molecular weight excluding hydrogens is 450 g/mol. The molecule has 1 aromatic carbocycles. The van der Waals surface area contributed by atoms with Crippen LogP contribution in [0.1, 0.15) is 25.3 Å². The summed E-state index contributed by atoms with van der Waals surface area (Å²) in [5, 5.41) is 7.44. The molecule has 2 bridgehead atoms. The van der Waals surface area contributed by atoms with Crippen LogP contribution in [0.3, 0.4) is 0 Å². The summed E-state index contributed by atoms with van der Waals surface area (Å²) < 4.78 is 1.91. The van der Waals surface area contributed by atoms with Gasteiger partial charge in [0, 0.05) is 37.0 Å². The lowest BCUT2D eigenvalue weighted by Gasteiger charge is -2.35. The van der Waals surface area contributed by atoms with Gasteiger partial charge < -0.3 is 4.90 Å². The molecule has 1 fully saturated rings. The van der Waals surface area contributed by atoms with Gasteiger partial charge in [-0.2, -0.15) is 5.10 Å². The van der Waals surface area contributed by atoms with Gasteiger partial charge in [-0.05, 0) is 50.1 Å². The molecule has 0 aliphatic carbocycles. The predicted octanol–water partition coefficient (Wildman–Crippen LogP) is 5.36. The Morgan fingerprint density at radius 3 is 2.78 bits per heavy atom. The van der Waals surface area contributed by atoms with Crippen molar-refractivity contribution in [2.45, 2.75) is 39.3 Å². The molecule has 1 N–H and O–H groups in total. The zero-order valence-corrected chi connectivity index (χ0v) is 20.6. The summed E-state index contributed by atoms with van der Waals surface area (Å²) >= 11 is 0. The Balaban J connectivity index is 1.30. The number of aryl methyl sites for hydroxylation is 2. The minimum absolute atomic E-state index is 0.0771. The average Bonchev–Trinajstić information content (AvgIpc) is 3.52. The van der Waals surface area contributed by atoms with Crippen LogP contribution >= 0.6 is 0 Å². The maximum absolute atomic E-state index is 13.7. The molecule has 3 aromatic heterocycles. The van der Waals surface area contributed by atoms with Crippen LogP contribution in [0.4, 0.5) is 22.1 Å². The highest BCUT2D eigenvalue weighted by Gasteiger charge is 2.40. The number of aromatic nitrogens is 4. The third-order valence-corrected chi connectivity index (χ3v) is 6.85. The van der Waals surface area contributed by atoms with E-state index in [1.54, 1.807) is 0 Å². The number of urea groups is 1. The van der Waals surface area contributed by atoms with Crippen LogP contribution in [0.5, 0.6) is 0 Å². The van der Waals surface area contributed by atoms with Crippen molar-refractivity contribution in [1.82, 2.24) is 19.7 Å². The van der Waals surface area contributed by atoms with E-state index in [1.807, 2.05) is 52.3 Å².